The Morgan fingerprint density at radius 3 is 2.69 bits per heavy atom. The van der Waals surface area contributed by atoms with Crippen LogP contribution in [0.5, 0.6) is 0 Å². The van der Waals surface area contributed by atoms with E-state index in [9.17, 15) is 14.9 Å². The first-order valence-electron chi connectivity index (χ1n) is 8.06. The Morgan fingerprint density at radius 2 is 2.08 bits per heavy atom. The van der Waals surface area contributed by atoms with Crippen LogP contribution in [-0.2, 0) is 11.3 Å². The minimum absolute atomic E-state index is 0.0674. The molecule has 0 aliphatic carbocycles. The van der Waals surface area contributed by atoms with Gasteiger partial charge in [0.1, 0.15) is 5.69 Å². The lowest BCUT2D eigenvalue weighted by molar-refractivity contribution is -0.384. The molecule has 2 heterocycles. The van der Waals surface area contributed by atoms with Gasteiger partial charge in [-0.05, 0) is 40.2 Å². The molecule has 26 heavy (non-hydrogen) atoms. The fraction of sp³-hybridized carbons (Fsp3) is 0.353. The van der Waals surface area contributed by atoms with E-state index in [-0.39, 0.29) is 11.6 Å². The molecule has 0 atom stereocenters. The molecule has 7 nitrogen and oxygen atoms in total. The molecule has 0 N–H and O–H groups in total. The number of hydrogen-bond donors (Lipinski definition) is 0. The van der Waals surface area contributed by atoms with Gasteiger partial charge in [0.25, 0.3) is 11.6 Å². The Bertz CT molecular complexity index is 820. The number of halogens is 1. The molecule has 9 heteroatoms. The summed E-state index contributed by atoms with van der Waals surface area (Å²) in [7, 11) is 1.80. The third-order valence-electron chi connectivity index (χ3n) is 4.15. The number of nitro benzene ring substituents is 1. The number of carbonyl (C=O) groups excluding carboxylic acids is 1. The zero-order chi connectivity index (χ0) is 18.7. The van der Waals surface area contributed by atoms with Gasteiger partial charge in [-0.15, -0.1) is 11.3 Å². The van der Waals surface area contributed by atoms with Crippen molar-refractivity contribution in [1.82, 2.24) is 4.90 Å². The van der Waals surface area contributed by atoms with Gasteiger partial charge in [0, 0.05) is 36.6 Å². The highest BCUT2D eigenvalue weighted by Gasteiger charge is 2.24. The second kappa shape index (κ2) is 8.15. The SMILES string of the molecule is CN(Cc1ccc(Br)s1)c1ccc(C(=O)N2CCOCC2)cc1[N+](=O)[O-]. The molecule has 1 aliphatic heterocycles. The van der Waals surface area contributed by atoms with Crippen LogP contribution in [0.2, 0.25) is 0 Å². The molecule has 0 bridgehead atoms. The van der Waals surface area contributed by atoms with E-state index in [2.05, 4.69) is 15.9 Å². The maximum absolute atomic E-state index is 12.6. The molecule has 1 aliphatic rings. The van der Waals surface area contributed by atoms with Crippen LogP contribution in [0, 0.1) is 10.1 Å². The molecule has 138 valence electrons. The molecule has 0 radical (unpaired) electrons. The van der Waals surface area contributed by atoms with E-state index < -0.39 is 4.92 Å². The molecule has 1 aromatic heterocycles. The third-order valence-corrected chi connectivity index (χ3v) is 5.76. The number of carbonyl (C=O) groups is 1. The number of nitro groups is 1. The van der Waals surface area contributed by atoms with Crippen LogP contribution in [0.3, 0.4) is 0 Å². The normalized spacial score (nSPS) is 14.3. The lowest BCUT2D eigenvalue weighted by Gasteiger charge is -2.27. The Morgan fingerprint density at radius 1 is 1.35 bits per heavy atom. The van der Waals surface area contributed by atoms with E-state index in [0.717, 1.165) is 8.66 Å². The first-order chi connectivity index (χ1) is 12.5. The van der Waals surface area contributed by atoms with Crippen molar-refractivity contribution < 1.29 is 14.5 Å². The van der Waals surface area contributed by atoms with E-state index in [1.807, 2.05) is 17.0 Å². The number of amides is 1. The van der Waals surface area contributed by atoms with E-state index in [1.165, 1.54) is 6.07 Å². The molecule has 1 fully saturated rings. The number of thiophene rings is 1. The highest BCUT2D eigenvalue weighted by Crippen LogP contribution is 2.31. The number of hydrogen-bond acceptors (Lipinski definition) is 6. The summed E-state index contributed by atoms with van der Waals surface area (Å²) < 4.78 is 6.26. The van der Waals surface area contributed by atoms with Gasteiger partial charge in [-0.25, -0.2) is 0 Å². The summed E-state index contributed by atoms with van der Waals surface area (Å²) in [5.74, 6) is -0.201. The molecule has 1 aromatic carbocycles. The van der Waals surface area contributed by atoms with Crippen molar-refractivity contribution in [3.8, 4) is 0 Å². The minimum atomic E-state index is -0.438. The van der Waals surface area contributed by atoms with Crippen molar-refractivity contribution in [2.45, 2.75) is 6.54 Å². The number of benzene rings is 1. The van der Waals surface area contributed by atoms with Crippen molar-refractivity contribution in [1.29, 1.82) is 0 Å². The Kier molecular flexibility index (Phi) is 5.90. The zero-order valence-corrected chi connectivity index (χ0v) is 16.6. The van der Waals surface area contributed by atoms with E-state index in [1.54, 1.807) is 35.4 Å². The standard InChI is InChI=1S/C17H18BrN3O4S/c1-19(11-13-3-5-16(18)26-13)14-4-2-12(10-15(14)21(23)24)17(22)20-6-8-25-9-7-20/h2-5,10H,6-9,11H2,1H3. The molecule has 0 spiro atoms. The second-order valence-electron chi connectivity index (χ2n) is 5.93. The summed E-state index contributed by atoms with van der Waals surface area (Å²) in [5.41, 5.74) is 0.745. The van der Waals surface area contributed by atoms with Gasteiger partial charge >= 0.3 is 0 Å². The van der Waals surface area contributed by atoms with Gasteiger partial charge in [-0.3, -0.25) is 14.9 Å². The first kappa shape index (κ1) is 18.8. The fourth-order valence-corrected chi connectivity index (χ4v) is 4.37. The van der Waals surface area contributed by atoms with Crippen LogP contribution in [-0.4, -0.2) is 49.1 Å². The predicted octanol–water partition coefficient (Wildman–Crippen LogP) is 3.53. The predicted molar refractivity (Wildman–Crippen MR) is 104 cm³/mol. The number of ether oxygens (including phenoxy) is 1. The number of morpholine rings is 1. The Labute approximate surface area is 163 Å². The molecule has 1 amide bonds. The first-order valence-corrected chi connectivity index (χ1v) is 9.67. The number of rotatable bonds is 5. The molecular formula is C17H18BrN3O4S. The molecule has 2 aromatic rings. The number of anilines is 1. The smallest absolute Gasteiger partial charge is 0.293 e. The molecule has 0 saturated carbocycles. The summed E-state index contributed by atoms with van der Waals surface area (Å²) in [4.78, 5) is 28.3. The van der Waals surface area contributed by atoms with E-state index >= 15 is 0 Å². The monoisotopic (exact) mass is 439 g/mol. The van der Waals surface area contributed by atoms with Gasteiger partial charge in [0.05, 0.1) is 28.5 Å². The van der Waals surface area contributed by atoms with Crippen molar-refractivity contribution in [3.05, 3.63) is 54.7 Å². The van der Waals surface area contributed by atoms with Gasteiger partial charge in [0.2, 0.25) is 0 Å². The quantitative estimate of drug-likeness (QED) is 0.525. The maximum atomic E-state index is 12.6. The van der Waals surface area contributed by atoms with Gasteiger partial charge in [0.15, 0.2) is 0 Å². The average Bonchev–Trinajstić information content (AvgIpc) is 3.06. The topological polar surface area (TPSA) is 75.9 Å². The summed E-state index contributed by atoms with van der Waals surface area (Å²) in [5, 5.41) is 11.6. The Balaban J connectivity index is 1.84. The molecular weight excluding hydrogens is 422 g/mol. The molecule has 1 saturated heterocycles. The largest absolute Gasteiger partial charge is 0.378 e. The lowest BCUT2D eigenvalue weighted by Crippen LogP contribution is -2.40. The second-order valence-corrected chi connectivity index (χ2v) is 8.47. The average molecular weight is 440 g/mol. The van der Waals surface area contributed by atoms with Gasteiger partial charge in [-0.1, -0.05) is 0 Å². The van der Waals surface area contributed by atoms with Crippen molar-refractivity contribution in [3.63, 3.8) is 0 Å². The van der Waals surface area contributed by atoms with Crippen LogP contribution < -0.4 is 4.90 Å². The molecule has 3 rings (SSSR count). The van der Waals surface area contributed by atoms with E-state index in [4.69, 9.17) is 4.74 Å². The van der Waals surface area contributed by atoms with Crippen molar-refractivity contribution in [2.75, 3.05) is 38.3 Å². The van der Waals surface area contributed by atoms with Crippen LogP contribution in [0.4, 0.5) is 11.4 Å². The van der Waals surface area contributed by atoms with Crippen LogP contribution in [0.15, 0.2) is 34.1 Å². The Hall–Kier alpha value is -1.97. The highest BCUT2D eigenvalue weighted by molar-refractivity contribution is 9.11. The fourth-order valence-electron chi connectivity index (χ4n) is 2.83. The number of nitrogens with zero attached hydrogens (tertiary/aromatic N) is 3. The summed E-state index contributed by atoms with van der Waals surface area (Å²) in [6.07, 6.45) is 0. The third kappa shape index (κ3) is 4.22. The van der Waals surface area contributed by atoms with Crippen molar-refractivity contribution >= 4 is 44.5 Å². The van der Waals surface area contributed by atoms with Crippen LogP contribution in [0.25, 0.3) is 0 Å². The maximum Gasteiger partial charge on any atom is 0.293 e. The van der Waals surface area contributed by atoms with Crippen LogP contribution >= 0.6 is 27.3 Å². The summed E-state index contributed by atoms with van der Waals surface area (Å²) in [6, 6.07) is 8.60. The van der Waals surface area contributed by atoms with Crippen molar-refractivity contribution in [2.24, 2.45) is 0 Å². The van der Waals surface area contributed by atoms with E-state index in [0.29, 0.717) is 44.1 Å². The molecule has 0 unspecified atom stereocenters. The summed E-state index contributed by atoms with van der Waals surface area (Å²) >= 11 is 5.00. The van der Waals surface area contributed by atoms with Crippen LogP contribution in [0.1, 0.15) is 15.2 Å². The highest BCUT2D eigenvalue weighted by atomic mass is 79.9. The minimum Gasteiger partial charge on any atom is -0.378 e. The zero-order valence-electron chi connectivity index (χ0n) is 14.2. The van der Waals surface area contributed by atoms with Gasteiger partial charge in [-0.2, -0.15) is 0 Å². The summed E-state index contributed by atoms with van der Waals surface area (Å²) in [6.45, 7) is 2.53. The lowest BCUT2D eigenvalue weighted by atomic mass is 10.1. The van der Waals surface area contributed by atoms with Gasteiger partial charge < -0.3 is 14.5 Å².